The lowest BCUT2D eigenvalue weighted by Gasteiger charge is -1.96. The molecule has 0 radical (unpaired) electrons. The maximum Gasteiger partial charge on any atom is 0.305 e. The molecule has 18 heavy (non-hydrogen) atoms. The molecule has 0 aliphatic heterocycles. The van der Waals surface area contributed by atoms with Crippen molar-refractivity contribution in [2.24, 2.45) is 0 Å². The average molecular weight is 266 g/mol. The van der Waals surface area contributed by atoms with E-state index >= 15 is 0 Å². The van der Waals surface area contributed by atoms with Gasteiger partial charge < -0.3 is 25.2 Å². The van der Waals surface area contributed by atoms with Gasteiger partial charge >= 0.3 is 11.9 Å². The number of ether oxygens (including phenoxy) is 1. The molecule has 0 saturated carbocycles. The first kappa shape index (κ1) is 19.2. The van der Waals surface area contributed by atoms with Crippen molar-refractivity contribution in [3.05, 3.63) is 0 Å². The van der Waals surface area contributed by atoms with E-state index in [1.54, 1.807) is 0 Å². The molecule has 0 aromatic carbocycles. The van der Waals surface area contributed by atoms with Gasteiger partial charge in [-0.25, -0.2) is 0 Å². The second kappa shape index (κ2) is 15.8. The Hall–Kier alpha value is -1.18. The average Bonchev–Trinajstić information content (AvgIpc) is 2.31. The summed E-state index contributed by atoms with van der Waals surface area (Å²) in [7, 11) is 0. The van der Waals surface area contributed by atoms with Gasteiger partial charge in [-0.3, -0.25) is 9.59 Å². The van der Waals surface area contributed by atoms with Crippen LogP contribution in [0.25, 0.3) is 0 Å². The Kier molecular flexibility index (Phi) is 16.8. The highest BCUT2D eigenvalue weighted by Crippen LogP contribution is 1.97. The van der Waals surface area contributed by atoms with Crippen molar-refractivity contribution in [3.8, 4) is 0 Å². The third-order valence-electron chi connectivity index (χ3n) is 1.74. The summed E-state index contributed by atoms with van der Waals surface area (Å²) in [6, 6.07) is 0. The van der Waals surface area contributed by atoms with Crippen LogP contribution in [0.5, 0.6) is 0 Å². The lowest BCUT2D eigenvalue weighted by Crippen LogP contribution is -2.05. The molecule has 108 valence electrons. The Labute approximate surface area is 106 Å². The highest BCUT2D eigenvalue weighted by Gasteiger charge is 1.94. The summed E-state index contributed by atoms with van der Waals surface area (Å²) >= 11 is 0. The number of unbranched alkanes of at least 4 members (excludes halogenated alkanes) is 2. The van der Waals surface area contributed by atoms with Crippen molar-refractivity contribution in [1.29, 1.82) is 0 Å². The van der Waals surface area contributed by atoms with Gasteiger partial charge in [-0.2, -0.15) is 0 Å². The zero-order chi connectivity index (χ0) is 14.2. The van der Waals surface area contributed by atoms with E-state index in [-0.39, 0.29) is 39.3 Å². The third kappa shape index (κ3) is 24.2. The van der Waals surface area contributed by atoms with Gasteiger partial charge in [0, 0.05) is 13.0 Å². The number of carbonyl (C=O) groups is 2. The SMILES string of the molecule is O=C(O)CCCCCO.O=C(O)CCOCCO. The minimum atomic E-state index is -0.882. The third-order valence-corrected chi connectivity index (χ3v) is 1.74. The molecule has 0 rings (SSSR count). The molecule has 0 amide bonds. The molecule has 4 N–H and O–H groups in total. The predicted octanol–water partition coefficient (Wildman–Crippen LogP) is 0.0937. The normalized spacial score (nSPS) is 9.44. The number of hydrogen-bond acceptors (Lipinski definition) is 5. The number of carboxylic acid groups (broad SMARTS) is 2. The fourth-order valence-corrected chi connectivity index (χ4v) is 0.891. The van der Waals surface area contributed by atoms with Crippen molar-refractivity contribution < 1.29 is 34.8 Å². The fraction of sp³-hybridized carbons (Fsp3) is 0.818. The Morgan fingerprint density at radius 3 is 1.83 bits per heavy atom. The van der Waals surface area contributed by atoms with Gasteiger partial charge in [0.1, 0.15) is 0 Å². The maximum atomic E-state index is 9.90. The van der Waals surface area contributed by atoms with Crippen LogP contribution in [0.1, 0.15) is 32.1 Å². The van der Waals surface area contributed by atoms with Gasteiger partial charge in [-0.1, -0.05) is 6.42 Å². The van der Waals surface area contributed by atoms with Crippen LogP contribution < -0.4 is 0 Å². The van der Waals surface area contributed by atoms with Gasteiger partial charge in [0.25, 0.3) is 0 Å². The topological polar surface area (TPSA) is 124 Å². The first-order chi connectivity index (χ1) is 8.54. The molecule has 0 aliphatic carbocycles. The fourth-order valence-electron chi connectivity index (χ4n) is 0.891. The number of aliphatic hydroxyl groups is 2. The summed E-state index contributed by atoms with van der Waals surface area (Å²) in [6.45, 7) is 0.502. The Morgan fingerprint density at radius 1 is 0.778 bits per heavy atom. The monoisotopic (exact) mass is 266 g/mol. The molecule has 0 aromatic rings. The molecule has 0 atom stereocenters. The Morgan fingerprint density at radius 2 is 1.39 bits per heavy atom. The second-order valence-electron chi connectivity index (χ2n) is 3.41. The van der Waals surface area contributed by atoms with Crippen LogP contribution in [-0.4, -0.2) is 58.8 Å². The van der Waals surface area contributed by atoms with Crippen molar-refractivity contribution in [2.45, 2.75) is 32.1 Å². The highest BCUT2D eigenvalue weighted by atomic mass is 16.5. The molecule has 0 fully saturated rings. The van der Waals surface area contributed by atoms with E-state index < -0.39 is 11.9 Å². The van der Waals surface area contributed by atoms with Crippen LogP contribution in [-0.2, 0) is 14.3 Å². The summed E-state index contributed by atoms with van der Waals surface area (Å²) in [5.74, 6) is -1.64. The first-order valence-electron chi connectivity index (χ1n) is 5.77. The molecule has 7 nitrogen and oxygen atoms in total. The van der Waals surface area contributed by atoms with Crippen LogP contribution in [0.2, 0.25) is 0 Å². The molecule has 7 heteroatoms. The van der Waals surface area contributed by atoms with E-state index in [9.17, 15) is 9.59 Å². The quantitative estimate of drug-likeness (QED) is 0.413. The minimum absolute atomic E-state index is 0. The van der Waals surface area contributed by atoms with E-state index in [0.717, 1.165) is 6.42 Å². The summed E-state index contributed by atoms with van der Waals surface area (Å²) in [5.41, 5.74) is 0. The summed E-state index contributed by atoms with van der Waals surface area (Å²) in [6.07, 6.45) is 2.42. The van der Waals surface area contributed by atoms with Crippen LogP contribution in [0.4, 0.5) is 0 Å². The summed E-state index contributed by atoms with van der Waals surface area (Å²) in [5, 5.41) is 32.7. The number of aliphatic hydroxyl groups excluding tert-OH is 2. The molecule has 0 heterocycles. The second-order valence-corrected chi connectivity index (χ2v) is 3.41. The number of rotatable bonds is 10. The zero-order valence-electron chi connectivity index (χ0n) is 10.4. The highest BCUT2D eigenvalue weighted by molar-refractivity contribution is 5.66. The van der Waals surface area contributed by atoms with Gasteiger partial charge in [-0.05, 0) is 12.8 Å². The van der Waals surface area contributed by atoms with E-state index in [4.69, 9.17) is 20.4 Å². The molecular weight excluding hydrogens is 244 g/mol. The van der Waals surface area contributed by atoms with E-state index in [1.807, 2.05) is 0 Å². The maximum absolute atomic E-state index is 9.90. The Balaban J connectivity index is 0. The van der Waals surface area contributed by atoms with E-state index in [1.165, 1.54) is 0 Å². The van der Waals surface area contributed by atoms with Crippen molar-refractivity contribution >= 4 is 11.9 Å². The van der Waals surface area contributed by atoms with Gasteiger partial charge in [-0.15, -0.1) is 0 Å². The molecule has 0 aliphatic rings. The van der Waals surface area contributed by atoms with Crippen LogP contribution >= 0.6 is 0 Å². The van der Waals surface area contributed by atoms with E-state index in [0.29, 0.717) is 12.8 Å². The Bertz CT molecular complexity index is 184. The lowest BCUT2D eigenvalue weighted by molar-refractivity contribution is -0.138. The van der Waals surface area contributed by atoms with Crippen LogP contribution in [0, 0.1) is 0 Å². The number of hydrogen-bond donors (Lipinski definition) is 4. The van der Waals surface area contributed by atoms with Gasteiger partial charge in [0.05, 0.1) is 26.2 Å². The van der Waals surface area contributed by atoms with Crippen molar-refractivity contribution in [2.75, 3.05) is 26.4 Å². The lowest BCUT2D eigenvalue weighted by atomic mass is 10.2. The largest absolute Gasteiger partial charge is 0.481 e. The van der Waals surface area contributed by atoms with Gasteiger partial charge in [0.2, 0.25) is 0 Å². The van der Waals surface area contributed by atoms with Crippen molar-refractivity contribution in [3.63, 3.8) is 0 Å². The first-order valence-corrected chi connectivity index (χ1v) is 5.77. The van der Waals surface area contributed by atoms with E-state index in [2.05, 4.69) is 4.74 Å². The molecule has 0 unspecified atom stereocenters. The van der Waals surface area contributed by atoms with Crippen LogP contribution in [0.15, 0.2) is 0 Å². The number of aliphatic carboxylic acids is 2. The molecule has 0 spiro atoms. The van der Waals surface area contributed by atoms with Crippen molar-refractivity contribution in [1.82, 2.24) is 0 Å². The zero-order valence-corrected chi connectivity index (χ0v) is 10.4. The number of carboxylic acids is 2. The minimum Gasteiger partial charge on any atom is -0.481 e. The molecular formula is C11H22O7. The smallest absolute Gasteiger partial charge is 0.305 e. The van der Waals surface area contributed by atoms with Gasteiger partial charge in [0.15, 0.2) is 0 Å². The van der Waals surface area contributed by atoms with Crippen LogP contribution in [0.3, 0.4) is 0 Å². The molecule has 0 aromatic heterocycles. The molecule has 0 bridgehead atoms. The summed E-state index contributed by atoms with van der Waals surface area (Å²) in [4.78, 5) is 19.7. The standard InChI is InChI=1S/C6H12O3.C5H10O4/c7-5-3-1-2-4-6(8)9;6-2-4-9-3-1-5(7)8/h7H,1-5H2,(H,8,9);6H,1-4H2,(H,7,8). The predicted molar refractivity (Wildman–Crippen MR) is 63.3 cm³/mol. The summed E-state index contributed by atoms with van der Waals surface area (Å²) < 4.78 is 4.66. The molecule has 0 saturated heterocycles.